The predicted molar refractivity (Wildman–Crippen MR) is 85.8 cm³/mol. The van der Waals surface area contributed by atoms with Crippen LogP contribution in [0.4, 0.5) is 13.2 Å². The lowest BCUT2D eigenvalue weighted by Gasteiger charge is -2.31. The summed E-state index contributed by atoms with van der Waals surface area (Å²) in [6.45, 7) is 3.65. The van der Waals surface area contributed by atoms with Crippen molar-refractivity contribution >= 4 is 21.4 Å². The third-order valence-corrected chi connectivity index (χ3v) is 7.22. The summed E-state index contributed by atoms with van der Waals surface area (Å²) in [6, 6.07) is 2.14. The molecule has 2 aromatic heterocycles. The van der Waals surface area contributed by atoms with Crippen molar-refractivity contribution in [1.29, 1.82) is 0 Å². The van der Waals surface area contributed by atoms with Gasteiger partial charge in [-0.15, -0.1) is 11.3 Å². The van der Waals surface area contributed by atoms with Crippen LogP contribution in [0.15, 0.2) is 21.6 Å². The van der Waals surface area contributed by atoms with Gasteiger partial charge in [0.05, 0.1) is 9.77 Å². The highest BCUT2D eigenvalue weighted by Crippen LogP contribution is 2.37. The molecule has 0 radical (unpaired) electrons. The van der Waals surface area contributed by atoms with E-state index in [1.165, 1.54) is 10.4 Å². The van der Waals surface area contributed by atoms with Gasteiger partial charge in [0, 0.05) is 37.1 Å². The highest BCUT2D eigenvalue weighted by molar-refractivity contribution is 7.89. The number of thiophene rings is 1. The average molecular weight is 395 g/mol. The molecule has 0 aliphatic carbocycles. The van der Waals surface area contributed by atoms with E-state index in [1.807, 2.05) is 11.9 Å². The number of piperazine rings is 1. The number of nitrogens with zero attached hydrogens (tertiary/aromatic N) is 3. The zero-order valence-corrected chi connectivity index (χ0v) is 15.1. The fraction of sp³-hybridized carbons (Fsp3) is 0.500. The van der Waals surface area contributed by atoms with Crippen molar-refractivity contribution in [3.05, 3.63) is 22.8 Å². The maximum atomic E-state index is 12.8. The van der Waals surface area contributed by atoms with Gasteiger partial charge in [-0.1, -0.05) is 5.16 Å². The minimum atomic E-state index is -4.63. The number of hydrogen-bond donors (Lipinski definition) is 0. The molecule has 0 bridgehead atoms. The molecule has 0 saturated carbocycles. The van der Waals surface area contributed by atoms with Gasteiger partial charge in [0.2, 0.25) is 15.8 Å². The summed E-state index contributed by atoms with van der Waals surface area (Å²) < 4.78 is 69.2. The van der Waals surface area contributed by atoms with Crippen LogP contribution < -0.4 is 0 Å². The number of aromatic nitrogens is 1. The molecule has 11 heteroatoms. The Hall–Kier alpha value is -1.43. The molecule has 3 rings (SSSR count). The third-order valence-electron chi connectivity index (χ3n) is 3.99. The molecular weight excluding hydrogens is 379 g/mol. The monoisotopic (exact) mass is 395 g/mol. The number of sulfonamides is 1. The number of aryl methyl sites for hydroxylation is 1. The number of halogens is 3. The first-order chi connectivity index (χ1) is 11.6. The van der Waals surface area contributed by atoms with E-state index in [2.05, 4.69) is 9.68 Å². The van der Waals surface area contributed by atoms with E-state index in [0.717, 1.165) is 17.4 Å². The number of alkyl halides is 3. The lowest BCUT2D eigenvalue weighted by molar-refractivity contribution is -0.155. The highest BCUT2D eigenvalue weighted by atomic mass is 32.2. The zero-order chi connectivity index (χ0) is 18.4. The van der Waals surface area contributed by atoms with E-state index < -0.39 is 22.0 Å². The van der Waals surface area contributed by atoms with Gasteiger partial charge in [0.25, 0.3) is 0 Å². The Kier molecular flexibility index (Phi) is 4.69. The van der Waals surface area contributed by atoms with Gasteiger partial charge in [-0.2, -0.15) is 17.5 Å². The van der Waals surface area contributed by atoms with E-state index in [1.54, 1.807) is 6.92 Å². The van der Waals surface area contributed by atoms with Crippen LogP contribution in [0.5, 0.6) is 0 Å². The van der Waals surface area contributed by atoms with E-state index in [0.29, 0.717) is 35.9 Å². The minimum Gasteiger partial charge on any atom is -0.351 e. The van der Waals surface area contributed by atoms with E-state index in [4.69, 9.17) is 0 Å². The van der Waals surface area contributed by atoms with Gasteiger partial charge in [0.15, 0.2) is 0 Å². The summed E-state index contributed by atoms with van der Waals surface area (Å²) in [5.41, 5.74) is -0.0275. The minimum absolute atomic E-state index is 0.0275. The summed E-state index contributed by atoms with van der Waals surface area (Å²) in [5.74, 6) is -1.21. The first-order valence-electron chi connectivity index (χ1n) is 7.42. The molecule has 138 valence electrons. The number of rotatable bonds is 3. The topological polar surface area (TPSA) is 66.7 Å². The third kappa shape index (κ3) is 3.59. The van der Waals surface area contributed by atoms with Crippen LogP contribution in [0.1, 0.15) is 10.6 Å². The Morgan fingerprint density at radius 3 is 2.40 bits per heavy atom. The second-order valence-electron chi connectivity index (χ2n) is 5.81. The van der Waals surface area contributed by atoms with Crippen molar-refractivity contribution < 1.29 is 26.1 Å². The second-order valence-corrected chi connectivity index (χ2v) is 8.98. The van der Waals surface area contributed by atoms with Gasteiger partial charge in [0.1, 0.15) is 5.69 Å². The fourth-order valence-corrected chi connectivity index (χ4v) is 5.47. The Morgan fingerprint density at radius 2 is 1.84 bits per heavy atom. The predicted octanol–water partition coefficient (Wildman–Crippen LogP) is 2.67. The Balaban J connectivity index is 1.91. The van der Waals surface area contributed by atoms with Crippen LogP contribution in [0.3, 0.4) is 0 Å². The maximum absolute atomic E-state index is 12.8. The van der Waals surface area contributed by atoms with Gasteiger partial charge in [-0.05, 0) is 20.0 Å². The molecule has 25 heavy (non-hydrogen) atoms. The largest absolute Gasteiger partial charge is 0.452 e. The van der Waals surface area contributed by atoms with Crippen LogP contribution in [0.25, 0.3) is 10.6 Å². The van der Waals surface area contributed by atoms with Gasteiger partial charge >= 0.3 is 6.18 Å². The lowest BCUT2D eigenvalue weighted by atomic mass is 10.3. The number of hydrogen-bond acceptors (Lipinski definition) is 6. The van der Waals surface area contributed by atoms with Crippen molar-refractivity contribution in [3.63, 3.8) is 0 Å². The van der Waals surface area contributed by atoms with Crippen molar-refractivity contribution in [2.45, 2.75) is 18.0 Å². The SMILES string of the molecule is Cc1sc(-c2cc(C(F)(F)F)on2)cc1S(=O)(=O)N1CCN(C)CC1. The molecule has 0 unspecified atom stereocenters. The molecule has 1 saturated heterocycles. The normalized spacial score (nSPS) is 18.0. The molecule has 1 aliphatic heterocycles. The Labute approximate surface area is 146 Å². The first-order valence-corrected chi connectivity index (χ1v) is 9.68. The smallest absolute Gasteiger partial charge is 0.351 e. The lowest BCUT2D eigenvalue weighted by Crippen LogP contribution is -2.47. The summed E-state index contributed by atoms with van der Waals surface area (Å²) >= 11 is 1.08. The summed E-state index contributed by atoms with van der Waals surface area (Å²) in [7, 11) is -1.77. The average Bonchev–Trinajstić information content (AvgIpc) is 3.13. The molecule has 0 spiro atoms. The van der Waals surface area contributed by atoms with E-state index >= 15 is 0 Å². The molecule has 1 aliphatic rings. The molecule has 2 aromatic rings. The van der Waals surface area contributed by atoms with Crippen LogP contribution in [-0.4, -0.2) is 56.0 Å². The zero-order valence-electron chi connectivity index (χ0n) is 13.5. The van der Waals surface area contributed by atoms with Crippen molar-refractivity contribution in [1.82, 2.24) is 14.4 Å². The van der Waals surface area contributed by atoms with Crippen LogP contribution in [0, 0.1) is 6.92 Å². The van der Waals surface area contributed by atoms with Crippen molar-refractivity contribution in [2.75, 3.05) is 33.2 Å². The van der Waals surface area contributed by atoms with Gasteiger partial charge in [-0.25, -0.2) is 8.42 Å². The van der Waals surface area contributed by atoms with Gasteiger partial charge in [-0.3, -0.25) is 0 Å². The summed E-state index contributed by atoms with van der Waals surface area (Å²) in [6.07, 6.45) is -4.63. The quantitative estimate of drug-likeness (QED) is 0.799. The molecule has 3 heterocycles. The Morgan fingerprint density at radius 1 is 1.20 bits per heavy atom. The first kappa shape index (κ1) is 18.4. The van der Waals surface area contributed by atoms with Crippen LogP contribution in [0.2, 0.25) is 0 Å². The molecule has 0 N–H and O–H groups in total. The Bertz CT molecular complexity index is 866. The van der Waals surface area contributed by atoms with Crippen molar-refractivity contribution in [2.24, 2.45) is 0 Å². The fourth-order valence-electron chi connectivity index (χ4n) is 2.54. The van der Waals surface area contributed by atoms with Crippen molar-refractivity contribution in [3.8, 4) is 10.6 Å². The number of likely N-dealkylation sites (N-methyl/N-ethyl adjacent to an activating group) is 1. The molecular formula is C14H16F3N3O3S2. The molecule has 1 fully saturated rings. The molecule has 0 amide bonds. The second kappa shape index (κ2) is 6.38. The van der Waals surface area contributed by atoms with Crippen LogP contribution >= 0.6 is 11.3 Å². The van der Waals surface area contributed by atoms with Gasteiger partial charge < -0.3 is 9.42 Å². The highest BCUT2D eigenvalue weighted by Gasteiger charge is 2.37. The molecule has 0 aromatic carbocycles. The van der Waals surface area contributed by atoms with E-state index in [9.17, 15) is 21.6 Å². The molecule has 0 atom stereocenters. The standard InChI is InChI=1S/C14H16F3N3O3S2/c1-9-12(25(21,22)20-5-3-19(2)4-6-20)8-11(24-9)10-7-13(23-18-10)14(15,16)17/h7-8H,3-6H2,1-2H3. The van der Waals surface area contributed by atoms with Crippen LogP contribution in [-0.2, 0) is 16.2 Å². The summed E-state index contributed by atoms with van der Waals surface area (Å²) in [4.78, 5) is 2.97. The summed E-state index contributed by atoms with van der Waals surface area (Å²) in [5, 5.41) is 3.41. The maximum Gasteiger partial charge on any atom is 0.452 e. The van der Waals surface area contributed by atoms with E-state index in [-0.39, 0.29) is 10.6 Å². The molecule has 6 nitrogen and oxygen atoms in total.